The third kappa shape index (κ3) is 2.44. The lowest BCUT2D eigenvalue weighted by atomic mass is 10.3. The lowest BCUT2D eigenvalue weighted by Crippen LogP contribution is -1.92. The van der Waals surface area contributed by atoms with E-state index in [1.165, 1.54) is 0 Å². The van der Waals surface area contributed by atoms with Crippen LogP contribution in [0, 0.1) is 12.8 Å². The van der Waals surface area contributed by atoms with Crippen LogP contribution in [-0.2, 0) is 0 Å². The molecule has 0 bridgehead atoms. The molecule has 1 aromatic heterocycles. The summed E-state index contributed by atoms with van der Waals surface area (Å²) in [6, 6.07) is 0. The summed E-state index contributed by atoms with van der Waals surface area (Å²) in [6.45, 7) is 6.28. The van der Waals surface area contributed by atoms with Gasteiger partial charge in [-0.2, -0.15) is 0 Å². The molecule has 1 rings (SSSR count). The largest absolute Gasteiger partial charge is 0.383 e. The molecular formula is C8H15N3S. The summed E-state index contributed by atoms with van der Waals surface area (Å²) in [7, 11) is 0. The highest BCUT2D eigenvalue weighted by atomic mass is 32.2. The third-order valence-electron chi connectivity index (χ3n) is 1.37. The zero-order chi connectivity index (χ0) is 9.14. The average molecular weight is 185 g/mol. The topological polar surface area (TPSA) is 54.7 Å². The van der Waals surface area contributed by atoms with E-state index in [2.05, 4.69) is 23.8 Å². The fourth-order valence-corrected chi connectivity index (χ4v) is 1.74. The van der Waals surface area contributed by atoms with Crippen molar-refractivity contribution in [3.63, 3.8) is 0 Å². The van der Waals surface area contributed by atoms with E-state index < -0.39 is 0 Å². The summed E-state index contributed by atoms with van der Waals surface area (Å²) in [5, 5.41) is 0.932. The molecule has 1 aromatic rings. The highest BCUT2D eigenvalue weighted by Crippen LogP contribution is 2.23. The number of hydrogen-bond acceptors (Lipinski definition) is 3. The summed E-state index contributed by atoms with van der Waals surface area (Å²) < 4.78 is 0. The first-order chi connectivity index (χ1) is 5.59. The SMILES string of the molecule is Cc1nc(SCC(C)C)c(N)[nH]1. The number of thioether (sulfide) groups is 1. The number of anilines is 1. The first-order valence-electron chi connectivity index (χ1n) is 4.04. The van der Waals surface area contributed by atoms with E-state index in [-0.39, 0.29) is 0 Å². The number of nitrogen functional groups attached to an aromatic ring is 1. The Hall–Kier alpha value is -0.640. The van der Waals surface area contributed by atoms with E-state index >= 15 is 0 Å². The molecule has 0 radical (unpaired) electrons. The van der Waals surface area contributed by atoms with E-state index in [0.717, 1.165) is 16.6 Å². The summed E-state index contributed by atoms with van der Waals surface area (Å²) in [5.41, 5.74) is 5.69. The summed E-state index contributed by atoms with van der Waals surface area (Å²) in [5.74, 6) is 3.32. The maximum atomic E-state index is 5.69. The number of nitrogens with one attached hydrogen (secondary N) is 1. The van der Waals surface area contributed by atoms with Crippen molar-refractivity contribution in [2.75, 3.05) is 11.5 Å². The average Bonchev–Trinajstić information content (AvgIpc) is 2.26. The van der Waals surface area contributed by atoms with Crippen LogP contribution < -0.4 is 5.73 Å². The molecule has 0 aliphatic rings. The van der Waals surface area contributed by atoms with Crippen molar-refractivity contribution < 1.29 is 0 Å². The molecule has 3 nitrogen and oxygen atoms in total. The lowest BCUT2D eigenvalue weighted by Gasteiger charge is -2.01. The molecule has 0 atom stereocenters. The van der Waals surface area contributed by atoms with Crippen LogP contribution in [0.5, 0.6) is 0 Å². The Morgan fingerprint density at radius 3 is 2.67 bits per heavy atom. The van der Waals surface area contributed by atoms with Crippen LogP contribution in [0.25, 0.3) is 0 Å². The van der Waals surface area contributed by atoms with Crippen molar-refractivity contribution in [2.45, 2.75) is 25.8 Å². The van der Waals surface area contributed by atoms with Gasteiger partial charge in [0.15, 0.2) is 0 Å². The third-order valence-corrected chi connectivity index (χ3v) is 2.79. The number of hydrogen-bond donors (Lipinski definition) is 2. The number of aryl methyl sites for hydroxylation is 1. The van der Waals surface area contributed by atoms with E-state index in [0.29, 0.717) is 11.7 Å². The van der Waals surface area contributed by atoms with Gasteiger partial charge < -0.3 is 10.7 Å². The molecular weight excluding hydrogens is 170 g/mol. The van der Waals surface area contributed by atoms with Crippen LogP contribution >= 0.6 is 11.8 Å². The van der Waals surface area contributed by atoms with Gasteiger partial charge in [0.2, 0.25) is 0 Å². The smallest absolute Gasteiger partial charge is 0.138 e. The van der Waals surface area contributed by atoms with Gasteiger partial charge in [-0.25, -0.2) is 4.98 Å². The fraction of sp³-hybridized carbons (Fsp3) is 0.625. The monoisotopic (exact) mass is 185 g/mol. The number of nitrogens with zero attached hydrogens (tertiary/aromatic N) is 1. The number of rotatable bonds is 3. The van der Waals surface area contributed by atoms with Gasteiger partial charge in [-0.3, -0.25) is 0 Å². The normalized spacial score (nSPS) is 11.0. The molecule has 0 spiro atoms. The van der Waals surface area contributed by atoms with Crippen molar-refractivity contribution in [3.8, 4) is 0 Å². The molecule has 1 heterocycles. The highest BCUT2D eigenvalue weighted by molar-refractivity contribution is 7.99. The van der Waals surface area contributed by atoms with Gasteiger partial charge in [-0.15, -0.1) is 11.8 Å². The molecule has 12 heavy (non-hydrogen) atoms. The van der Waals surface area contributed by atoms with Gasteiger partial charge in [0.25, 0.3) is 0 Å². The minimum atomic E-state index is 0.673. The van der Waals surface area contributed by atoms with Crippen LogP contribution in [-0.4, -0.2) is 15.7 Å². The van der Waals surface area contributed by atoms with Gasteiger partial charge >= 0.3 is 0 Å². The molecule has 0 amide bonds. The molecule has 68 valence electrons. The molecule has 0 aliphatic heterocycles. The second-order valence-electron chi connectivity index (χ2n) is 3.25. The van der Waals surface area contributed by atoms with Crippen LogP contribution in [0.15, 0.2) is 5.03 Å². The zero-order valence-electron chi connectivity index (χ0n) is 7.72. The van der Waals surface area contributed by atoms with Crippen molar-refractivity contribution in [2.24, 2.45) is 5.92 Å². The molecule has 0 fully saturated rings. The second kappa shape index (κ2) is 3.85. The quantitative estimate of drug-likeness (QED) is 0.709. The first-order valence-corrected chi connectivity index (χ1v) is 5.03. The summed E-state index contributed by atoms with van der Waals surface area (Å²) in [6.07, 6.45) is 0. The van der Waals surface area contributed by atoms with E-state index in [1.54, 1.807) is 11.8 Å². The van der Waals surface area contributed by atoms with Crippen LogP contribution in [0.1, 0.15) is 19.7 Å². The Labute approximate surface area is 77.1 Å². The van der Waals surface area contributed by atoms with Crippen molar-refractivity contribution >= 4 is 17.6 Å². The van der Waals surface area contributed by atoms with E-state index in [4.69, 9.17) is 5.73 Å². The van der Waals surface area contributed by atoms with Crippen LogP contribution in [0.3, 0.4) is 0 Å². The number of aromatic amines is 1. The maximum Gasteiger partial charge on any atom is 0.138 e. The molecule has 0 saturated heterocycles. The highest BCUT2D eigenvalue weighted by Gasteiger charge is 2.05. The second-order valence-corrected chi connectivity index (χ2v) is 4.25. The van der Waals surface area contributed by atoms with E-state index in [9.17, 15) is 0 Å². The van der Waals surface area contributed by atoms with Gasteiger partial charge in [0, 0.05) is 5.75 Å². The predicted molar refractivity (Wildman–Crippen MR) is 53.3 cm³/mol. The van der Waals surface area contributed by atoms with Crippen molar-refractivity contribution in [1.29, 1.82) is 0 Å². The zero-order valence-corrected chi connectivity index (χ0v) is 8.53. The van der Waals surface area contributed by atoms with Gasteiger partial charge in [-0.05, 0) is 12.8 Å². The number of imidazole rings is 1. The Balaban J connectivity index is 2.57. The molecule has 0 aliphatic carbocycles. The van der Waals surface area contributed by atoms with Crippen molar-refractivity contribution in [1.82, 2.24) is 9.97 Å². The predicted octanol–water partition coefficient (Wildman–Crippen LogP) is 2.05. The lowest BCUT2D eigenvalue weighted by molar-refractivity contribution is 0.749. The Bertz CT molecular complexity index is 255. The van der Waals surface area contributed by atoms with Crippen LogP contribution in [0.4, 0.5) is 5.82 Å². The molecule has 0 aromatic carbocycles. The van der Waals surface area contributed by atoms with Gasteiger partial charge in [-0.1, -0.05) is 13.8 Å². The number of H-pyrrole nitrogens is 1. The van der Waals surface area contributed by atoms with Crippen LogP contribution in [0.2, 0.25) is 0 Å². The Morgan fingerprint density at radius 2 is 2.25 bits per heavy atom. The molecule has 0 saturated carbocycles. The van der Waals surface area contributed by atoms with Gasteiger partial charge in [0.05, 0.1) is 0 Å². The fourth-order valence-electron chi connectivity index (χ4n) is 0.844. The Morgan fingerprint density at radius 1 is 1.58 bits per heavy atom. The standard InChI is InChI=1S/C8H15N3S/c1-5(2)4-12-8-7(9)10-6(3)11-8/h5H,4,9H2,1-3H3,(H,10,11). The molecule has 4 heteroatoms. The van der Waals surface area contributed by atoms with Crippen molar-refractivity contribution in [3.05, 3.63) is 5.82 Å². The minimum absolute atomic E-state index is 0.673. The number of aromatic nitrogens is 2. The Kier molecular flexibility index (Phi) is 3.03. The van der Waals surface area contributed by atoms with Gasteiger partial charge in [0.1, 0.15) is 16.7 Å². The summed E-state index contributed by atoms with van der Waals surface area (Å²) >= 11 is 1.71. The maximum absolute atomic E-state index is 5.69. The first kappa shape index (κ1) is 9.45. The number of nitrogens with two attached hydrogens (primary N) is 1. The van der Waals surface area contributed by atoms with E-state index in [1.807, 2.05) is 6.92 Å². The minimum Gasteiger partial charge on any atom is -0.383 e. The molecule has 0 unspecified atom stereocenters. The summed E-state index contributed by atoms with van der Waals surface area (Å²) in [4.78, 5) is 7.24. The molecule has 3 N–H and O–H groups in total.